The van der Waals surface area contributed by atoms with Crippen LogP contribution in [-0.2, 0) is 0 Å². The Balaban J connectivity index is 0.000000541. The normalized spacial score (nSPS) is 36.0. The number of nitrogens with zero attached hydrogens (tertiary/aromatic N) is 1. The van der Waals surface area contributed by atoms with Gasteiger partial charge in [-0.3, -0.25) is 4.90 Å². The van der Waals surface area contributed by atoms with Gasteiger partial charge in [-0.2, -0.15) is 0 Å². The fourth-order valence-corrected chi connectivity index (χ4v) is 5.08. The fraction of sp³-hybridized carbons (Fsp3) is 1.00. The minimum atomic E-state index is 0.473. The third-order valence-corrected chi connectivity index (χ3v) is 5.73. The molecule has 0 spiro atoms. The molecule has 0 aromatic rings. The molecule has 1 saturated heterocycles. The first-order chi connectivity index (χ1) is 10.2. The van der Waals surface area contributed by atoms with Crippen molar-refractivity contribution in [2.75, 3.05) is 0 Å². The van der Waals surface area contributed by atoms with Crippen molar-refractivity contribution < 1.29 is 0 Å². The third-order valence-electron chi connectivity index (χ3n) is 5.73. The van der Waals surface area contributed by atoms with Gasteiger partial charge in [-0.05, 0) is 64.2 Å². The molecule has 2 rings (SSSR count). The number of piperidine rings is 1. The van der Waals surface area contributed by atoms with Crippen molar-refractivity contribution in [3.05, 3.63) is 0 Å². The topological polar surface area (TPSA) is 3.24 Å². The summed E-state index contributed by atoms with van der Waals surface area (Å²) in [5, 5.41) is 0. The standard InChI is InChI=1S/C17H33N.C4H10/c1-6-11-17(5)12-10-15-14(4)8-7-9-16(15)18(17)13(2)3;1-4(2)3/h13-16H,6-12H2,1-5H3;4H,1-3H3. The van der Waals surface area contributed by atoms with Crippen molar-refractivity contribution in [1.82, 2.24) is 4.90 Å². The average molecular weight is 310 g/mol. The van der Waals surface area contributed by atoms with Crippen LogP contribution in [0.25, 0.3) is 0 Å². The summed E-state index contributed by atoms with van der Waals surface area (Å²) in [7, 11) is 0. The van der Waals surface area contributed by atoms with E-state index in [1.54, 1.807) is 0 Å². The second-order valence-electron chi connectivity index (χ2n) is 9.16. The monoisotopic (exact) mass is 309 g/mol. The van der Waals surface area contributed by atoms with Gasteiger partial charge in [-0.15, -0.1) is 0 Å². The summed E-state index contributed by atoms with van der Waals surface area (Å²) in [6, 6.07) is 1.58. The van der Waals surface area contributed by atoms with Gasteiger partial charge in [0, 0.05) is 17.6 Å². The highest BCUT2D eigenvalue weighted by atomic mass is 15.3. The molecule has 1 nitrogen and oxygen atoms in total. The van der Waals surface area contributed by atoms with Crippen LogP contribution < -0.4 is 0 Å². The lowest BCUT2D eigenvalue weighted by atomic mass is 9.66. The summed E-state index contributed by atoms with van der Waals surface area (Å²) in [6.45, 7) is 18.7. The maximum Gasteiger partial charge on any atom is 0.0187 e. The molecule has 4 atom stereocenters. The second-order valence-corrected chi connectivity index (χ2v) is 9.16. The molecule has 2 fully saturated rings. The maximum atomic E-state index is 2.92. The summed E-state index contributed by atoms with van der Waals surface area (Å²) in [5.41, 5.74) is 0.473. The molecule has 0 bridgehead atoms. The molecule has 0 aromatic heterocycles. The molecule has 22 heavy (non-hydrogen) atoms. The van der Waals surface area contributed by atoms with Gasteiger partial charge in [0.1, 0.15) is 0 Å². The number of fused-ring (bicyclic) bond motifs is 1. The van der Waals surface area contributed by atoms with E-state index >= 15 is 0 Å². The van der Waals surface area contributed by atoms with Crippen LogP contribution in [0.2, 0.25) is 0 Å². The van der Waals surface area contributed by atoms with Gasteiger partial charge in [0.25, 0.3) is 0 Å². The Labute approximate surface area is 141 Å². The molecule has 1 heteroatoms. The van der Waals surface area contributed by atoms with E-state index in [1.165, 1.54) is 44.9 Å². The molecule has 0 aromatic carbocycles. The van der Waals surface area contributed by atoms with Crippen LogP contribution in [0.15, 0.2) is 0 Å². The van der Waals surface area contributed by atoms with Crippen molar-refractivity contribution in [1.29, 1.82) is 0 Å². The highest BCUT2D eigenvalue weighted by Gasteiger charge is 2.47. The molecule has 4 unspecified atom stereocenters. The summed E-state index contributed by atoms with van der Waals surface area (Å²) in [6.07, 6.45) is 9.98. The molecule has 1 aliphatic heterocycles. The largest absolute Gasteiger partial charge is 0.292 e. The SMILES string of the molecule is CC(C)C.CCCC1(C)CCC2C(C)CCCC2N1C(C)C. The first kappa shape index (κ1) is 20.0. The lowest BCUT2D eigenvalue weighted by Gasteiger charge is -2.58. The molecular weight excluding hydrogens is 266 g/mol. The minimum Gasteiger partial charge on any atom is -0.292 e. The van der Waals surface area contributed by atoms with E-state index in [4.69, 9.17) is 0 Å². The zero-order chi connectivity index (χ0) is 16.9. The number of rotatable bonds is 3. The minimum absolute atomic E-state index is 0.473. The first-order valence-electron chi connectivity index (χ1n) is 10.0. The van der Waals surface area contributed by atoms with Crippen LogP contribution >= 0.6 is 0 Å². The number of hydrogen-bond acceptors (Lipinski definition) is 1. The predicted molar refractivity (Wildman–Crippen MR) is 100 cm³/mol. The molecule has 1 saturated carbocycles. The highest BCUT2D eigenvalue weighted by molar-refractivity contribution is 5.01. The van der Waals surface area contributed by atoms with Gasteiger partial charge in [0.2, 0.25) is 0 Å². The molecule has 1 heterocycles. The number of likely N-dealkylation sites (tertiary alicyclic amines) is 1. The van der Waals surface area contributed by atoms with Crippen LogP contribution in [-0.4, -0.2) is 22.5 Å². The van der Waals surface area contributed by atoms with Gasteiger partial charge in [-0.25, -0.2) is 0 Å². The van der Waals surface area contributed by atoms with Crippen LogP contribution in [0, 0.1) is 17.8 Å². The van der Waals surface area contributed by atoms with E-state index in [-0.39, 0.29) is 0 Å². The summed E-state index contributed by atoms with van der Waals surface area (Å²) in [5.74, 6) is 2.77. The lowest BCUT2D eigenvalue weighted by Crippen LogP contribution is -2.62. The molecule has 0 radical (unpaired) electrons. The van der Waals surface area contributed by atoms with Crippen LogP contribution in [0.4, 0.5) is 0 Å². The Kier molecular flexibility index (Phi) is 7.92. The Morgan fingerprint density at radius 2 is 1.64 bits per heavy atom. The average Bonchev–Trinajstić information content (AvgIpc) is 2.37. The highest BCUT2D eigenvalue weighted by Crippen LogP contribution is 2.47. The Morgan fingerprint density at radius 1 is 1.05 bits per heavy atom. The van der Waals surface area contributed by atoms with E-state index in [0.717, 1.165) is 23.8 Å². The van der Waals surface area contributed by atoms with Gasteiger partial charge < -0.3 is 0 Å². The van der Waals surface area contributed by atoms with Crippen LogP contribution in [0.3, 0.4) is 0 Å². The van der Waals surface area contributed by atoms with E-state index < -0.39 is 0 Å². The van der Waals surface area contributed by atoms with Crippen molar-refractivity contribution in [2.45, 2.75) is 118 Å². The Hall–Kier alpha value is -0.0400. The number of hydrogen-bond donors (Lipinski definition) is 0. The first-order valence-corrected chi connectivity index (χ1v) is 10.0. The van der Waals surface area contributed by atoms with Crippen LogP contribution in [0.5, 0.6) is 0 Å². The van der Waals surface area contributed by atoms with Crippen molar-refractivity contribution in [2.24, 2.45) is 17.8 Å². The summed E-state index contributed by atoms with van der Waals surface area (Å²) in [4.78, 5) is 2.92. The summed E-state index contributed by atoms with van der Waals surface area (Å²) < 4.78 is 0. The maximum absolute atomic E-state index is 2.92. The fourth-order valence-electron chi connectivity index (χ4n) is 5.08. The smallest absolute Gasteiger partial charge is 0.0187 e. The van der Waals surface area contributed by atoms with Gasteiger partial charge in [-0.1, -0.05) is 53.9 Å². The van der Waals surface area contributed by atoms with Crippen LogP contribution in [0.1, 0.15) is 100 Å². The van der Waals surface area contributed by atoms with E-state index in [9.17, 15) is 0 Å². The van der Waals surface area contributed by atoms with E-state index in [0.29, 0.717) is 11.6 Å². The second kappa shape index (κ2) is 8.71. The summed E-state index contributed by atoms with van der Waals surface area (Å²) >= 11 is 0. The zero-order valence-electron chi connectivity index (χ0n) is 16.8. The van der Waals surface area contributed by atoms with E-state index in [1.807, 2.05) is 0 Å². The zero-order valence-corrected chi connectivity index (χ0v) is 16.8. The van der Waals surface area contributed by atoms with Gasteiger partial charge >= 0.3 is 0 Å². The Bertz CT molecular complexity index is 306. The third kappa shape index (κ3) is 4.98. The molecule has 1 aliphatic carbocycles. The molecule has 0 amide bonds. The molecule has 132 valence electrons. The Morgan fingerprint density at radius 3 is 2.14 bits per heavy atom. The van der Waals surface area contributed by atoms with E-state index in [2.05, 4.69) is 60.3 Å². The lowest BCUT2D eigenvalue weighted by molar-refractivity contribution is -0.0789. The van der Waals surface area contributed by atoms with Gasteiger partial charge in [0.05, 0.1) is 0 Å². The molecule has 2 aliphatic rings. The predicted octanol–water partition coefficient (Wildman–Crippen LogP) is 6.52. The quantitative estimate of drug-likeness (QED) is 0.574. The molecule has 0 N–H and O–H groups in total. The van der Waals surface area contributed by atoms with Crippen molar-refractivity contribution in [3.8, 4) is 0 Å². The van der Waals surface area contributed by atoms with Crippen molar-refractivity contribution in [3.63, 3.8) is 0 Å². The molecular formula is C21H43N. The van der Waals surface area contributed by atoms with Gasteiger partial charge in [0.15, 0.2) is 0 Å². The van der Waals surface area contributed by atoms with Crippen molar-refractivity contribution >= 4 is 0 Å².